The van der Waals surface area contributed by atoms with Gasteiger partial charge in [-0.15, -0.1) is 0 Å². The van der Waals surface area contributed by atoms with Crippen molar-refractivity contribution in [3.8, 4) is 5.75 Å². The van der Waals surface area contributed by atoms with Crippen molar-refractivity contribution in [2.75, 3.05) is 18.9 Å². The van der Waals surface area contributed by atoms with Crippen molar-refractivity contribution in [3.63, 3.8) is 0 Å². The third-order valence-electron chi connectivity index (χ3n) is 2.45. The molecular weight excluding hydrogens is 240 g/mol. The Bertz CT molecular complexity index is 453. The summed E-state index contributed by atoms with van der Waals surface area (Å²) in [6.07, 6.45) is 3.25. The fourth-order valence-corrected chi connectivity index (χ4v) is 1.49. The number of anilines is 1. The first-order valence-corrected chi connectivity index (χ1v) is 6.51. The summed E-state index contributed by atoms with van der Waals surface area (Å²) < 4.78 is 5.35. The van der Waals surface area contributed by atoms with Crippen LogP contribution in [0.1, 0.15) is 26.3 Å². The summed E-state index contributed by atoms with van der Waals surface area (Å²) in [4.78, 5) is 11.5. The molecule has 0 heterocycles. The highest BCUT2D eigenvalue weighted by molar-refractivity contribution is 5.91. The summed E-state index contributed by atoms with van der Waals surface area (Å²) in [7, 11) is 0. The Labute approximate surface area is 114 Å². The average Bonchev–Trinajstić information content (AvgIpc) is 2.37. The Morgan fingerprint density at radius 1 is 1.47 bits per heavy atom. The number of carbonyl (C=O) groups excluding carboxylic acids is 1. The Hall–Kier alpha value is -1.97. The molecule has 0 radical (unpaired) electrons. The third kappa shape index (κ3) is 5.46. The molecule has 0 fully saturated rings. The van der Waals surface area contributed by atoms with E-state index < -0.39 is 0 Å². The van der Waals surface area contributed by atoms with Gasteiger partial charge in [0.15, 0.2) is 0 Å². The Morgan fingerprint density at radius 2 is 2.21 bits per heavy atom. The van der Waals surface area contributed by atoms with Crippen LogP contribution in [0.3, 0.4) is 0 Å². The van der Waals surface area contributed by atoms with Gasteiger partial charge in [-0.1, -0.05) is 19.9 Å². The fourth-order valence-electron chi connectivity index (χ4n) is 1.49. The maximum atomic E-state index is 11.5. The van der Waals surface area contributed by atoms with Crippen molar-refractivity contribution < 1.29 is 9.53 Å². The molecule has 0 aliphatic heterocycles. The van der Waals surface area contributed by atoms with Crippen LogP contribution in [0.4, 0.5) is 5.69 Å². The monoisotopic (exact) mass is 262 g/mol. The summed E-state index contributed by atoms with van der Waals surface area (Å²) >= 11 is 0. The SMILES string of the molecule is CCOc1ccc(/C=C\C(=O)NCC(C)C)cc1N. The molecular formula is C15H22N2O2. The van der Waals surface area contributed by atoms with Crippen LogP contribution in [0, 0.1) is 5.92 Å². The number of hydrogen-bond acceptors (Lipinski definition) is 3. The molecule has 1 aromatic rings. The number of rotatable bonds is 6. The van der Waals surface area contributed by atoms with Crippen molar-refractivity contribution >= 4 is 17.7 Å². The highest BCUT2D eigenvalue weighted by atomic mass is 16.5. The van der Waals surface area contributed by atoms with E-state index in [0.29, 0.717) is 30.5 Å². The number of amides is 1. The molecule has 3 N–H and O–H groups in total. The first-order valence-electron chi connectivity index (χ1n) is 6.51. The molecule has 0 spiro atoms. The van der Waals surface area contributed by atoms with Gasteiger partial charge in [-0.25, -0.2) is 0 Å². The van der Waals surface area contributed by atoms with Crippen LogP contribution in [0.5, 0.6) is 5.75 Å². The minimum absolute atomic E-state index is 0.0962. The topological polar surface area (TPSA) is 64.3 Å². The van der Waals surface area contributed by atoms with Crippen LogP contribution in [-0.4, -0.2) is 19.1 Å². The molecule has 0 aromatic heterocycles. The molecule has 19 heavy (non-hydrogen) atoms. The second kappa shape index (κ2) is 7.46. The van der Waals surface area contributed by atoms with Gasteiger partial charge in [0.2, 0.25) is 5.91 Å². The molecule has 0 saturated heterocycles. The minimum Gasteiger partial charge on any atom is -0.492 e. The fraction of sp³-hybridized carbons (Fsp3) is 0.400. The quantitative estimate of drug-likeness (QED) is 0.611. The van der Waals surface area contributed by atoms with E-state index in [-0.39, 0.29) is 5.91 Å². The number of ether oxygens (including phenoxy) is 1. The zero-order valence-corrected chi connectivity index (χ0v) is 11.8. The average molecular weight is 262 g/mol. The van der Waals surface area contributed by atoms with Gasteiger partial charge in [-0.3, -0.25) is 4.79 Å². The maximum Gasteiger partial charge on any atom is 0.244 e. The van der Waals surface area contributed by atoms with Crippen molar-refractivity contribution in [1.29, 1.82) is 0 Å². The second-order valence-electron chi connectivity index (χ2n) is 4.70. The maximum absolute atomic E-state index is 11.5. The van der Waals surface area contributed by atoms with Crippen LogP contribution < -0.4 is 15.8 Å². The van der Waals surface area contributed by atoms with Gasteiger partial charge in [-0.2, -0.15) is 0 Å². The van der Waals surface area contributed by atoms with E-state index >= 15 is 0 Å². The van der Waals surface area contributed by atoms with Crippen LogP contribution in [-0.2, 0) is 4.79 Å². The Balaban J connectivity index is 2.61. The first kappa shape index (κ1) is 15.1. The van der Waals surface area contributed by atoms with Gasteiger partial charge >= 0.3 is 0 Å². The number of carbonyl (C=O) groups is 1. The zero-order valence-electron chi connectivity index (χ0n) is 11.8. The van der Waals surface area contributed by atoms with Gasteiger partial charge in [0.25, 0.3) is 0 Å². The normalized spacial score (nSPS) is 10.9. The van der Waals surface area contributed by atoms with E-state index in [2.05, 4.69) is 19.2 Å². The standard InChI is InChI=1S/C15H22N2O2/c1-4-19-14-7-5-12(9-13(14)16)6-8-15(18)17-10-11(2)3/h5-9,11H,4,10,16H2,1-3H3,(H,17,18)/b8-6-. The summed E-state index contributed by atoms with van der Waals surface area (Å²) in [6, 6.07) is 5.47. The van der Waals surface area contributed by atoms with Gasteiger partial charge in [0.1, 0.15) is 5.75 Å². The van der Waals surface area contributed by atoms with Crippen molar-refractivity contribution in [2.45, 2.75) is 20.8 Å². The number of hydrogen-bond donors (Lipinski definition) is 2. The molecule has 0 atom stereocenters. The minimum atomic E-state index is -0.0962. The predicted octanol–water partition coefficient (Wildman–Crippen LogP) is 2.45. The van der Waals surface area contributed by atoms with E-state index in [0.717, 1.165) is 5.56 Å². The van der Waals surface area contributed by atoms with Crippen LogP contribution in [0.2, 0.25) is 0 Å². The molecule has 0 aliphatic rings. The predicted molar refractivity (Wildman–Crippen MR) is 78.9 cm³/mol. The highest BCUT2D eigenvalue weighted by Gasteiger charge is 2.01. The molecule has 4 nitrogen and oxygen atoms in total. The van der Waals surface area contributed by atoms with E-state index in [1.54, 1.807) is 12.1 Å². The van der Waals surface area contributed by atoms with Gasteiger partial charge in [0.05, 0.1) is 12.3 Å². The molecule has 1 aromatic carbocycles. The number of benzene rings is 1. The number of nitrogen functional groups attached to an aromatic ring is 1. The van der Waals surface area contributed by atoms with E-state index in [9.17, 15) is 4.79 Å². The van der Waals surface area contributed by atoms with Crippen LogP contribution >= 0.6 is 0 Å². The lowest BCUT2D eigenvalue weighted by Gasteiger charge is -2.07. The van der Waals surface area contributed by atoms with Crippen molar-refractivity contribution in [3.05, 3.63) is 29.8 Å². The van der Waals surface area contributed by atoms with Crippen LogP contribution in [0.25, 0.3) is 6.08 Å². The molecule has 1 rings (SSSR count). The van der Waals surface area contributed by atoms with Crippen molar-refractivity contribution in [1.82, 2.24) is 5.32 Å². The molecule has 0 aliphatic carbocycles. The zero-order chi connectivity index (χ0) is 14.3. The number of nitrogens with two attached hydrogens (primary N) is 1. The van der Waals surface area contributed by atoms with Gasteiger partial charge in [-0.05, 0) is 36.6 Å². The smallest absolute Gasteiger partial charge is 0.244 e. The second-order valence-corrected chi connectivity index (χ2v) is 4.70. The van der Waals surface area contributed by atoms with E-state index in [1.165, 1.54) is 6.08 Å². The Morgan fingerprint density at radius 3 is 2.79 bits per heavy atom. The van der Waals surface area contributed by atoms with Gasteiger partial charge < -0.3 is 15.8 Å². The largest absolute Gasteiger partial charge is 0.492 e. The van der Waals surface area contributed by atoms with Gasteiger partial charge in [0, 0.05) is 12.6 Å². The Kier molecular flexibility index (Phi) is 5.93. The summed E-state index contributed by atoms with van der Waals surface area (Å²) in [5, 5.41) is 2.82. The van der Waals surface area contributed by atoms with E-state index in [4.69, 9.17) is 10.5 Å². The summed E-state index contributed by atoms with van der Waals surface area (Å²) in [6.45, 7) is 7.27. The van der Waals surface area contributed by atoms with Crippen molar-refractivity contribution in [2.24, 2.45) is 5.92 Å². The molecule has 104 valence electrons. The summed E-state index contributed by atoms with van der Waals surface area (Å²) in [5.41, 5.74) is 7.30. The summed E-state index contributed by atoms with van der Waals surface area (Å²) in [5.74, 6) is 1.02. The lowest BCUT2D eigenvalue weighted by Crippen LogP contribution is -2.25. The highest BCUT2D eigenvalue weighted by Crippen LogP contribution is 2.22. The molecule has 0 bridgehead atoms. The molecule has 4 heteroatoms. The molecule has 0 saturated carbocycles. The van der Waals surface area contributed by atoms with E-state index in [1.807, 2.05) is 19.1 Å². The number of nitrogens with one attached hydrogen (secondary N) is 1. The third-order valence-corrected chi connectivity index (χ3v) is 2.45. The first-order chi connectivity index (χ1) is 9.02. The van der Waals surface area contributed by atoms with Crippen LogP contribution in [0.15, 0.2) is 24.3 Å². The molecule has 1 amide bonds. The molecule has 0 unspecified atom stereocenters. The lowest BCUT2D eigenvalue weighted by atomic mass is 10.1. The lowest BCUT2D eigenvalue weighted by molar-refractivity contribution is -0.116.